The summed E-state index contributed by atoms with van der Waals surface area (Å²) in [5.74, 6) is 0.185. The highest BCUT2D eigenvalue weighted by molar-refractivity contribution is 7.10. The minimum Gasteiger partial charge on any atom is -0.305 e. The van der Waals surface area contributed by atoms with E-state index in [2.05, 4.69) is 36.7 Å². The van der Waals surface area contributed by atoms with E-state index in [1.165, 1.54) is 17.0 Å². The fraction of sp³-hybridized carbons (Fsp3) is 0.333. The molecular formula is C15H17ClFNS. The van der Waals surface area contributed by atoms with E-state index < -0.39 is 0 Å². The van der Waals surface area contributed by atoms with Gasteiger partial charge in [0.2, 0.25) is 0 Å². The second-order valence-corrected chi connectivity index (χ2v) is 6.24. The zero-order chi connectivity index (χ0) is 13.8. The van der Waals surface area contributed by atoms with Gasteiger partial charge >= 0.3 is 0 Å². The topological polar surface area (TPSA) is 12.0 Å². The van der Waals surface area contributed by atoms with Crippen LogP contribution in [-0.2, 0) is 6.54 Å². The first kappa shape index (κ1) is 14.5. The van der Waals surface area contributed by atoms with Crippen molar-refractivity contribution in [1.29, 1.82) is 0 Å². The van der Waals surface area contributed by atoms with Crippen LogP contribution in [0.25, 0.3) is 0 Å². The molecule has 1 nitrogen and oxygen atoms in total. The summed E-state index contributed by atoms with van der Waals surface area (Å²) in [5.41, 5.74) is 0.922. The normalized spacial score (nSPS) is 12.9. The third kappa shape index (κ3) is 3.78. The standard InChI is InChI=1S/C15H17ClFNS/c1-10(2)15(14-4-3-7-19-14)18-9-11-5-6-12(17)8-13(11)16/h3-8,10,15,18H,9H2,1-2H3. The van der Waals surface area contributed by atoms with Gasteiger partial charge in [-0.2, -0.15) is 0 Å². The molecule has 0 amide bonds. The summed E-state index contributed by atoms with van der Waals surface area (Å²) in [4.78, 5) is 1.31. The van der Waals surface area contributed by atoms with E-state index in [0.29, 0.717) is 23.5 Å². The van der Waals surface area contributed by atoms with Crippen molar-refractivity contribution in [2.45, 2.75) is 26.4 Å². The van der Waals surface area contributed by atoms with Crippen molar-refractivity contribution in [2.24, 2.45) is 5.92 Å². The molecule has 4 heteroatoms. The van der Waals surface area contributed by atoms with Crippen molar-refractivity contribution in [3.8, 4) is 0 Å². The lowest BCUT2D eigenvalue weighted by Gasteiger charge is -2.21. The highest BCUT2D eigenvalue weighted by atomic mass is 35.5. The van der Waals surface area contributed by atoms with Crippen molar-refractivity contribution in [3.05, 3.63) is 57.0 Å². The van der Waals surface area contributed by atoms with Gasteiger partial charge in [0.25, 0.3) is 0 Å². The summed E-state index contributed by atoms with van der Waals surface area (Å²) >= 11 is 7.79. The van der Waals surface area contributed by atoms with Crippen LogP contribution in [0.1, 0.15) is 30.3 Å². The molecule has 0 aliphatic heterocycles. The van der Waals surface area contributed by atoms with E-state index in [1.54, 1.807) is 17.4 Å². The van der Waals surface area contributed by atoms with E-state index in [-0.39, 0.29) is 5.82 Å². The number of hydrogen-bond donors (Lipinski definition) is 1. The van der Waals surface area contributed by atoms with E-state index in [0.717, 1.165) is 5.56 Å². The smallest absolute Gasteiger partial charge is 0.124 e. The Morgan fingerprint density at radius 1 is 1.32 bits per heavy atom. The van der Waals surface area contributed by atoms with Gasteiger partial charge in [0, 0.05) is 22.5 Å². The first-order chi connectivity index (χ1) is 9.08. The first-order valence-electron chi connectivity index (χ1n) is 6.28. The molecule has 0 saturated carbocycles. The SMILES string of the molecule is CC(C)C(NCc1ccc(F)cc1Cl)c1cccs1. The molecule has 1 unspecified atom stereocenters. The van der Waals surface area contributed by atoms with E-state index in [9.17, 15) is 4.39 Å². The van der Waals surface area contributed by atoms with Crippen molar-refractivity contribution in [3.63, 3.8) is 0 Å². The fourth-order valence-electron chi connectivity index (χ4n) is 2.02. The van der Waals surface area contributed by atoms with Gasteiger partial charge < -0.3 is 5.32 Å². The number of benzene rings is 1. The Morgan fingerprint density at radius 3 is 2.68 bits per heavy atom. The molecule has 0 radical (unpaired) electrons. The number of rotatable bonds is 5. The molecule has 19 heavy (non-hydrogen) atoms. The van der Waals surface area contributed by atoms with Crippen LogP contribution in [0.2, 0.25) is 5.02 Å². The van der Waals surface area contributed by atoms with Crippen LogP contribution >= 0.6 is 22.9 Å². The highest BCUT2D eigenvalue weighted by Gasteiger charge is 2.16. The maximum atomic E-state index is 13.0. The molecule has 0 aliphatic rings. The van der Waals surface area contributed by atoms with E-state index in [1.807, 2.05) is 0 Å². The lowest BCUT2D eigenvalue weighted by Crippen LogP contribution is -2.24. The monoisotopic (exact) mass is 297 g/mol. The molecule has 1 N–H and O–H groups in total. The van der Waals surface area contributed by atoms with Gasteiger partial charge in [-0.25, -0.2) is 4.39 Å². The zero-order valence-electron chi connectivity index (χ0n) is 11.0. The van der Waals surface area contributed by atoms with Crippen LogP contribution in [0.5, 0.6) is 0 Å². The predicted molar refractivity (Wildman–Crippen MR) is 80.1 cm³/mol. The van der Waals surface area contributed by atoms with Crippen LogP contribution in [0.3, 0.4) is 0 Å². The van der Waals surface area contributed by atoms with Crippen LogP contribution in [0.15, 0.2) is 35.7 Å². The third-order valence-corrected chi connectivity index (χ3v) is 4.35. The van der Waals surface area contributed by atoms with Crippen LogP contribution in [0.4, 0.5) is 4.39 Å². The fourth-order valence-corrected chi connectivity index (χ4v) is 3.23. The van der Waals surface area contributed by atoms with Gasteiger partial charge in [0.15, 0.2) is 0 Å². The van der Waals surface area contributed by atoms with Crippen molar-refractivity contribution < 1.29 is 4.39 Å². The Labute approximate surface area is 122 Å². The summed E-state index contributed by atoms with van der Waals surface area (Å²) < 4.78 is 13.0. The Bertz CT molecular complexity index is 525. The van der Waals surface area contributed by atoms with Gasteiger partial charge in [-0.3, -0.25) is 0 Å². The van der Waals surface area contributed by atoms with Gasteiger partial charge in [-0.1, -0.05) is 37.6 Å². The average Bonchev–Trinajstić information content (AvgIpc) is 2.85. The predicted octanol–water partition coefficient (Wildman–Crippen LogP) is 5.03. The largest absolute Gasteiger partial charge is 0.305 e. The molecule has 102 valence electrons. The number of hydrogen-bond acceptors (Lipinski definition) is 2. The quantitative estimate of drug-likeness (QED) is 0.816. The number of thiophene rings is 1. The van der Waals surface area contributed by atoms with Crippen LogP contribution in [-0.4, -0.2) is 0 Å². The summed E-state index contributed by atoms with van der Waals surface area (Å²) in [6.45, 7) is 5.01. The van der Waals surface area contributed by atoms with Crippen LogP contribution < -0.4 is 5.32 Å². The van der Waals surface area contributed by atoms with Crippen LogP contribution in [0, 0.1) is 11.7 Å². The first-order valence-corrected chi connectivity index (χ1v) is 7.54. The summed E-state index contributed by atoms with van der Waals surface area (Å²) in [6.07, 6.45) is 0. The third-order valence-electron chi connectivity index (χ3n) is 3.04. The molecule has 1 heterocycles. The summed E-state index contributed by atoms with van der Waals surface area (Å²) in [5, 5.41) is 6.06. The molecule has 0 spiro atoms. The van der Waals surface area contributed by atoms with E-state index in [4.69, 9.17) is 11.6 Å². The molecule has 1 aromatic heterocycles. The van der Waals surface area contributed by atoms with Gasteiger partial charge in [-0.15, -0.1) is 11.3 Å². The molecule has 0 bridgehead atoms. The Morgan fingerprint density at radius 2 is 2.11 bits per heavy atom. The summed E-state index contributed by atoms with van der Waals surface area (Å²) in [6, 6.07) is 9.01. The average molecular weight is 298 g/mol. The maximum absolute atomic E-state index is 13.0. The lowest BCUT2D eigenvalue weighted by molar-refractivity contribution is 0.416. The second kappa shape index (κ2) is 6.51. The van der Waals surface area contributed by atoms with Crippen molar-refractivity contribution >= 4 is 22.9 Å². The molecular weight excluding hydrogens is 281 g/mol. The molecule has 2 aromatic rings. The van der Waals surface area contributed by atoms with Gasteiger partial charge in [-0.05, 0) is 35.1 Å². The Hall–Kier alpha value is -0.900. The zero-order valence-corrected chi connectivity index (χ0v) is 12.6. The molecule has 1 aromatic carbocycles. The minimum atomic E-state index is -0.299. The lowest BCUT2D eigenvalue weighted by atomic mass is 10.0. The Balaban J connectivity index is 2.07. The molecule has 1 atom stereocenters. The van der Waals surface area contributed by atoms with Gasteiger partial charge in [0.1, 0.15) is 5.82 Å². The van der Waals surface area contributed by atoms with Crippen molar-refractivity contribution in [1.82, 2.24) is 5.32 Å². The van der Waals surface area contributed by atoms with Crippen molar-refractivity contribution in [2.75, 3.05) is 0 Å². The summed E-state index contributed by atoms with van der Waals surface area (Å²) in [7, 11) is 0. The molecule has 0 saturated heterocycles. The van der Waals surface area contributed by atoms with Gasteiger partial charge in [0.05, 0.1) is 0 Å². The second-order valence-electron chi connectivity index (χ2n) is 4.85. The minimum absolute atomic E-state index is 0.293. The Kier molecular flexibility index (Phi) is 4.97. The molecule has 2 rings (SSSR count). The van der Waals surface area contributed by atoms with E-state index >= 15 is 0 Å². The number of nitrogens with one attached hydrogen (secondary N) is 1. The number of halogens is 2. The molecule has 0 aliphatic carbocycles. The molecule has 0 fully saturated rings. The maximum Gasteiger partial charge on any atom is 0.124 e. The highest BCUT2D eigenvalue weighted by Crippen LogP contribution is 2.27.